The van der Waals surface area contributed by atoms with E-state index in [-0.39, 0.29) is 5.91 Å². The van der Waals surface area contributed by atoms with Crippen LogP contribution in [0.15, 0.2) is 36.8 Å². The number of nitrogens with one attached hydrogen (secondary N) is 2. The van der Waals surface area contributed by atoms with Crippen molar-refractivity contribution >= 4 is 11.6 Å². The number of anilines is 1. The molecule has 0 saturated carbocycles. The quantitative estimate of drug-likeness (QED) is 0.821. The highest BCUT2D eigenvalue weighted by Gasteiger charge is 2.09. The molecule has 1 aromatic heterocycles. The number of hydrogen-bond acceptors (Lipinski definition) is 3. The minimum atomic E-state index is -0.248. The van der Waals surface area contributed by atoms with Gasteiger partial charge in [-0.2, -0.15) is 0 Å². The maximum absolute atomic E-state index is 11.7. The summed E-state index contributed by atoms with van der Waals surface area (Å²) in [4.78, 5) is 18.2. The molecular formula is C11H11N3O2. The Hall–Kier alpha value is -2.30. The first-order valence-corrected chi connectivity index (χ1v) is 4.74. The number of aromatic amines is 1. The number of amides is 1. The lowest BCUT2D eigenvalue weighted by Gasteiger charge is -2.08. The Morgan fingerprint density at radius 3 is 2.94 bits per heavy atom. The standard InChI is InChI=1S/C11H11N3O2/c1-16-10-5-3-2-4-8(10)14-11(15)9-6-12-7-13-9/h2-7H,1H3,(H,12,13)(H,14,15). The lowest BCUT2D eigenvalue weighted by molar-refractivity contribution is 0.102. The number of hydrogen-bond donors (Lipinski definition) is 2. The molecule has 5 nitrogen and oxygen atoms in total. The number of carbonyl (C=O) groups is 1. The van der Waals surface area contributed by atoms with Crippen LogP contribution in [0.2, 0.25) is 0 Å². The van der Waals surface area contributed by atoms with E-state index >= 15 is 0 Å². The normalized spacial score (nSPS) is 9.81. The fourth-order valence-corrected chi connectivity index (χ4v) is 1.32. The first kappa shape index (κ1) is 10.2. The third kappa shape index (κ3) is 2.03. The summed E-state index contributed by atoms with van der Waals surface area (Å²) in [6, 6.07) is 7.21. The molecule has 0 saturated heterocycles. The monoisotopic (exact) mass is 217 g/mol. The van der Waals surface area contributed by atoms with Crippen molar-refractivity contribution in [1.29, 1.82) is 0 Å². The van der Waals surface area contributed by atoms with Crippen molar-refractivity contribution in [1.82, 2.24) is 9.97 Å². The van der Waals surface area contributed by atoms with Crippen molar-refractivity contribution in [2.45, 2.75) is 0 Å². The molecular weight excluding hydrogens is 206 g/mol. The van der Waals surface area contributed by atoms with Crippen LogP contribution >= 0.6 is 0 Å². The van der Waals surface area contributed by atoms with E-state index in [2.05, 4.69) is 15.3 Å². The first-order chi connectivity index (χ1) is 7.81. The molecule has 5 heteroatoms. The molecule has 0 unspecified atom stereocenters. The van der Waals surface area contributed by atoms with Gasteiger partial charge in [0.25, 0.3) is 5.91 Å². The number of aromatic nitrogens is 2. The van der Waals surface area contributed by atoms with Crippen LogP contribution in [0.1, 0.15) is 10.5 Å². The molecule has 82 valence electrons. The molecule has 2 rings (SSSR count). The molecule has 0 atom stereocenters. The number of ether oxygens (including phenoxy) is 1. The van der Waals surface area contributed by atoms with Crippen molar-refractivity contribution in [2.75, 3.05) is 12.4 Å². The fraction of sp³-hybridized carbons (Fsp3) is 0.0909. The highest BCUT2D eigenvalue weighted by molar-refractivity contribution is 6.03. The summed E-state index contributed by atoms with van der Waals surface area (Å²) in [5, 5.41) is 2.73. The van der Waals surface area contributed by atoms with Gasteiger partial charge in [-0.05, 0) is 12.1 Å². The fourth-order valence-electron chi connectivity index (χ4n) is 1.32. The topological polar surface area (TPSA) is 67.0 Å². The largest absolute Gasteiger partial charge is 0.495 e. The maximum Gasteiger partial charge on any atom is 0.273 e. The van der Waals surface area contributed by atoms with Gasteiger partial charge in [-0.3, -0.25) is 4.79 Å². The highest BCUT2D eigenvalue weighted by Crippen LogP contribution is 2.23. The van der Waals surface area contributed by atoms with Crippen LogP contribution in [0.25, 0.3) is 0 Å². The van der Waals surface area contributed by atoms with E-state index in [0.717, 1.165) is 0 Å². The van der Waals surface area contributed by atoms with Crippen LogP contribution < -0.4 is 10.1 Å². The van der Waals surface area contributed by atoms with Gasteiger partial charge in [-0.1, -0.05) is 12.1 Å². The van der Waals surface area contributed by atoms with Crippen LogP contribution in [0.5, 0.6) is 5.75 Å². The molecule has 1 amide bonds. The molecule has 0 spiro atoms. The van der Waals surface area contributed by atoms with Gasteiger partial charge in [0.15, 0.2) is 0 Å². The van der Waals surface area contributed by atoms with Gasteiger partial charge >= 0.3 is 0 Å². The van der Waals surface area contributed by atoms with E-state index in [1.165, 1.54) is 12.5 Å². The van der Waals surface area contributed by atoms with E-state index in [1.807, 2.05) is 12.1 Å². The number of methoxy groups -OCH3 is 1. The minimum absolute atomic E-state index is 0.248. The van der Waals surface area contributed by atoms with E-state index in [0.29, 0.717) is 17.1 Å². The zero-order valence-corrected chi connectivity index (χ0v) is 8.73. The summed E-state index contributed by atoms with van der Waals surface area (Å²) in [6.07, 6.45) is 2.92. The molecule has 1 aromatic carbocycles. The van der Waals surface area contributed by atoms with Crippen LogP contribution in [-0.4, -0.2) is 23.0 Å². The highest BCUT2D eigenvalue weighted by atomic mass is 16.5. The summed E-state index contributed by atoms with van der Waals surface area (Å²) in [7, 11) is 1.56. The molecule has 1 heterocycles. The molecule has 2 aromatic rings. The predicted octanol–water partition coefficient (Wildman–Crippen LogP) is 1.67. The summed E-state index contributed by atoms with van der Waals surface area (Å²) in [5.41, 5.74) is 1.04. The maximum atomic E-state index is 11.7. The van der Waals surface area contributed by atoms with Crippen molar-refractivity contribution in [3.63, 3.8) is 0 Å². The number of rotatable bonds is 3. The molecule has 2 N–H and O–H groups in total. The smallest absolute Gasteiger partial charge is 0.273 e. The van der Waals surface area contributed by atoms with E-state index in [1.54, 1.807) is 19.2 Å². The minimum Gasteiger partial charge on any atom is -0.495 e. The Morgan fingerprint density at radius 2 is 2.25 bits per heavy atom. The second kappa shape index (κ2) is 4.48. The number of benzene rings is 1. The van der Waals surface area contributed by atoms with Crippen LogP contribution in [0.3, 0.4) is 0 Å². The lowest BCUT2D eigenvalue weighted by atomic mass is 10.3. The number of para-hydroxylation sites is 2. The third-order valence-electron chi connectivity index (χ3n) is 2.10. The van der Waals surface area contributed by atoms with Gasteiger partial charge in [-0.15, -0.1) is 0 Å². The number of carbonyl (C=O) groups excluding carboxylic acids is 1. The van der Waals surface area contributed by atoms with Crippen LogP contribution in [-0.2, 0) is 0 Å². The Kier molecular flexibility index (Phi) is 2.86. The second-order valence-electron chi connectivity index (χ2n) is 3.12. The molecule has 0 aliphatic rings. The molecule has 16 heavy (non-hydrogen) atoms. The molecule has 0 radical (unpaired) electrons. The zero-order valence-electron chi connectivity index (χ0n) is 8.73. The van der Waals surface area contributed by atoms with Crippen molar-refractivity contribution < 1.29 is 9.53 Å². The summed E-state index contributed by atoms with van der Waals surface area (Å²) < 4.78 is 5.12. The second-order valence-corrected chi connectivity index (χ2v) is 3.12. The van der Waals surface area contributed by atoms with Gasteiger partial charge in [0, 0.05) is 0 Å². The lowest BCUT2D eigenvalue weighted by Crippen LogP contribution is -2.12. The van der Waals surface area contributed by atoms with Crippen LogP contribution in [0, 0.1) is 0 Å². The summed E-state index contributed by atoms with van der Waals surface area (Å²) in [5.74, 6) is 0.373. The summed E-state index contributed by atoms with van der Waals surface area (Å²) in [6.45, 7) is 0. The molecule has 0 fully saturated rings. The molecule has 0 bridgehead atoms. The first-order valence-electron chi connectivity index (χ1n) is 4.74. The average molecular weight is 217 g/mol. The molecule has 0 aliphatic heterocycles. The molecule has 0 aliphatic carbocycles. The predicted molar refractivity (Wildman–Crippen MR) is 59.5 cm³/mol. The van der Waals surface area contributed by atoms with Gasteiger partial charge in [0.1, 0.15) is 11.4 Å². The zero-order chi connectivity index (χ0) is 11.4. The Balaban J connectivity index is 2.18. The summed E-state index contributed by atoms with van der Waals surface area (Å²) >= 11 is 0. The van der Waals surface area contributed by atoms with Gasteiger partial charge in [0.2, 0.25) is 0 Å². The van der Waals surface area contributed by atoms with Gasteiger partial charge in [-0.25, -0.2) is 4.98 Å². The number of H-pyrrole nitrogens is 1. The Labute approximate surface area is 92.5 Å². The SMILES string of the molecule is COc1ccccc1NC(=O)c1cnc[nH]1. The van der Waals surface area contributed by atoms with Gasteiger partial charge < -0.3 is 15.0 Å². The third-order valence-corrected chi connectivity index (χ3v) is 2.10. The average Bonchev–Trinajstić information content (AvgIpc) is 2.83. The van der Waals surface area contributed by atoms with E-state index < -0.39 is 0 Å². The van der Waals surface area contributed by atoms with E-state index in [9.17, 15) is 4.79 Å². The van der Waals surface area contributed by atoms with E-state index in [4.69, 9.17) is 4.74 Å². The van der Waals surface area contributed by atoms with Crippen LogP contribution in [0.4, 0.5) is 5.69 Å². The van der Waals surface area contributed by atoms with Gasteiger partial charge in [0.05, 0.1) is 25.3 Å². The Bertz CT molecular complexity index is 480. The van der Waals surface area contributed by atoms with Crippen molar-refractivity contribution in [3.05, 3.63) is 42.5 Å². The number of nitrogens with zero attached hydrogens (tertiary/aromatic N) is 1. The van der Waals surface area contributed by atoms with Crippen molar-refractivity contribution in [2.24, 2.45) is 0 Å². The Morgan fingerprint density at radius 1 is 1.44 bits per heavy atom. The number of imidazole rings is 1. The van der Waals surface area contributed by atoms with Crippen molar-refractivity contribution in [3.8, 4) is 5.75 Å².